The lowest BCUT2D eigenvalue weighted by Gasteiger charge is -2.30. The average Bonchev–Trinajstić information content (AvgIpc) is 2.65. The summed E-state index contributed by atoms with van der Waals surface area (Å²) in [6, 6.07) is 6.78. The summed E-state index contributed by atoms with van der Waals surface area (Å²) in [5.41, 5.74) is 0.314. The Morgan fingerprint density at radius 2 is 1.89 bits per heavy atom. The van der Waals surface area contributed by atoms with Crippen molar-refractivity contribution in [3.63, 3.8) is 0 Å². The molecule has 142 valence electrons. The molecule has 2 N–H and O–H groups in total. The van der Waals surface area contributed by atoms with Crippen LogP contribution in [0.5, 0.6) is 0 Å². The first-order valence-corrected chi connectivity index (χ1v) is 8.93. The van der Waals surface area contributed by atoms with Gasteiger partial charge in [0.2, 0.25) is 0 Å². The molecular formula is C18H18ClFN4O3. The lowest BCUT2D eigenvalue weighted by molar-refractivity contribution is -0.384. The van der Waals surface area contributed by atoms with Crippen LogP contribution in [0.15, 0.2) is 36.5 Å². The standard InChI is InChI=1S/C18H18ClFN4O3/c19-15-9-11(1-6-16(15)20)18(25)23-13-4-2-12(3-5-13)22-17-10-14(24(26)27)7-8-21-17/h1,6-10,12-13H,2-5H2,(H,21,22)(H,23,25). The van der Waals surface area contributed by atoms with Gasteiger partial charge in [-0.05, 0) is 43.9 Å². The largest absolute Gasteiger partial charge is 0.367 e. The molecule has 3 rings (SSSR count). The lowest BCUT2D eigenvalue weighted by Crippen LogP contribution is -2.40. The topological polar surface area (TPSA) is 97.2 Å². The predicted octanol–water partition coefficient (Wildman–Crippen LogP) is 3.94. The molecule has 0 radical (unpaired) electrons. The molecule has 0 saturated heterocycles. The number of nitro groups is 1. The number of hydrogen-bond donors (Lipinski definition) is 2. The van der Waals surface area contributed by atoms with E-state index in [9.17, 15) is 19.3 Å². The monoisotopic (exact) mass is 392 g/mol. The van der Waals surface area contributed by atoms with Crippen molar-refractivity contribution in [3.05, 3.63) is 63.0 Å². The minimum absolute atomic E-state index is 0.00796. The third-order valence-corrected chi connectivity index (χ3v) is 4.84. The molecule has 27 heavy (non-hydrogen) atoms. The van der Waals surface area contributed by atoms with Gasteiger partial charge in [-0.25, -0.2) is 9.37 Å². The van der Waals surface area contributed by atoms with E-state index in [2.05, 4.69) is 15.6 Å². The lowest BCUT2D eigenvalue weighted by atomic mass is 9.91. The number of halogens is 2. The Bertz CT molecular complexity index is 856. The molecule has 1 aliphatic rings. The van der Waals surface area contributed by atoms with Crippen LogP contribution in [0.2, 0.25) is 5.02 Å². The maximum absolute atomic E-state index is 13.2. The van der Waals surface area contributed by atoms with E-state index >= 15 is 0 Å². The van der Waals surface area contributed by atoms with Crippen LogP contribution in [0, 0.1) is 15.9 Å². The fourth-order valence-electron chi connectivity index (χ4n) is 3.11. The summed E-state index contributed by atoms with van der Waals surface area (Å²) in [6.07, 6.45) is 4.50. The minimum atomic E-state index is -0.561. The van der Waals surface area contributed by atoms with Gasteiger partial charge in [0.05, 0.1) is 16.0 Å². The number of carbonyl (C=O) groups is 1. The van der Waals surface area contributed by atoms with Crippen molar-refractivity contribution in [1.82, 2.24) is 10.3 Å². The third-order valence-electron chi connectivity index (χ3n) is 4.55. The van der Waals surface area contributed by atoms with Crippen molar-refractivity contribution in [2.75, 3.05) is 5.32 Å². The van der Waals surface area contributed by atoms with Crippen molar-refractivity contribution in [3.8, 4) is 0 Å². The van der Waals surface area contributed by atoms with Crippen LogP contribution in [0.4, 0.5) is 15.9 Å². The summed E-state index contributed by atoms with van der Waals surface area (Å²) < 4.78 is 13.2. The number of pyridine rings is 1. The van der Waals surface area contributed by atoms with Crippen molar-refractivity contribution in [2.24, 2.45) is 0 Å². The molecule has 7 nitrogen and oxygen atoms in total. The van der Waals surface area contributed by atoms with Gasteiger partial charge in [-0.1, -0.05) is 11.6 Å². The second-order valence-electron chi connectivity index (χ2n) is 6.45. The number of anilines is 1. The molecule has 2 aromatic rings. The fourth-order valence-corrected chi connectivity index (χ4v) is 3.29. The zero-order chi connectivity index (χ0) is 19.4. The molecule has 1 saturated carbocycles. The molecule has 1 heterocycles. The van der Waals surface area contributed by atoms with Crippen molar-refractivity contribution in [2.45, 2.75) is 37.8 Å². The Labute approximate surface area is 160 Å². The zero-order valence-corrected chi connectivity index (χ0v) is 15.1. The van der Waals surface area contributed by atoms with Crippen molar-refractivity contribution in [1.29, 1.82) is 0 Å². The molecular weight excluding hydrogens is 375 g/mol. The van der Waals surface area contributed by atoms with Crippen LogP contribution in [-0.2, 0) is 0 Å². The van der Waals surface area contributed by atoms with Gasteiger partial charge in [0, 0.05) is 29.9 Å². The van der Waals surface area contributed by atoms with Gasteiger partial charge >= 0.3 is 0 Å². The highest BCUT2D eigenvalue weighted by molar-refractivity contribution is 6.31. The highest BCUT2D eigenvalue weighted by atomic mass is 35.5. The number of rotatable bonds is 5. The summed E-state index contributed by atoms with van der Waals surface area (Å²) >= 11 is 5.72. The number of nitrogens with one attached hydrogen (secondary N) is 2. The first kappa shape index (κ1) is 19.0. The van der Waals surface area contributed by atoms with Gasteiger partial charge in [-0.15, -0.1) is 0 Å². The highest BCUT2D eigenvalue weighted by Gasteiger charge is 2.23. The van der Waals surface area contributed by atoms with Crippen molar-refractivity contribution >= 4 is 29.0 Å². The smallest absolute Gasteiger partial charge is 0.274 e. The molecule has 1 aromatic carbocycles. The van der Waals surface area contributed by atoms with E-state index in [1.807, 2.05) is 0 Å². The van der Waals surface area contributed by atoms with E-state index in [1.165, 1.54) is 36.5 Å². The molecule has 0 unspecified atom stereocenters. The first-order valence-electron chi connectivity index (χ1n) is 8.55. The minimum Gasteiger partial charge on any atom is -0.367 e. The van der Waals surface area contributed by atoms with Crippen LogP contribution in [-0.4, -0.2) is 27.9 Å². The molecule has 0 aliphatic heterocycles. The zero-order valence-electron chi connectivity index (χ0n) is 14.3. The van der Waals surface area contributed by atoms with E-state index in [0.29, 0.717) is 11.4 Å². The highest BCUT2D eigenvalue weighted by Crippen LogP contribution is 2.24. The van der Waals surface area contributed by atoms with E-state index in [4.69, 9.17) is 11.6 Å². The third kappa shape index (κ3) is 4.91. The number of carbonyl (C=O) groups excluding carboxylic acids is 1. The van der Waals surface area contributed by atoms with Crippen molar-refractivity contribution < 1.29 is 14.1 Å². The van der Waals surface area contributed by atoms with Crippen LogP contribution in [0.3, 0.4) is 0 Å². The summed E-state index contributed by atoms with van der Waals surface area (Å²) in [6.45, 7) is 0. The van der Waals surface area contributed by atoms with Crippen LogP contribution in [0.1, 0.15) is 36.0 Å². The van der Waals surface area contributed by atoms with Gasteiger partial charge < -0.3 is 10.6 Å². The van der Waals surface area contributed by atoms with E-state index in [0.717, 1.165) is 25.7 Å². The molecule has 0 spiro atoms. The average molecular weight is 393 g/mol. The summed E-state index contributed by atoms with van der Waals surface area (Å²) in [5.74, 6) is -0.374. The van der Waals surface area contributed by atoms with Gasteiger partial charge in [0.15, 0.2) is 0 Å². The Morgan fingerprint density at radius 3 is 2.56 bits per heavy atom. The second kappa shape index (κ2) is 8.30. The van der Waals surface area contributed by atoms with Gasteiger partial charge in [-0.2, -0.15) is 0 Å². The first-order chi connectivity index (χ1) is 12.9. The summed E-state index contributed by atoms with van der Waals surface area (Å²) in [7, 11) is 0. The Hall–Kier alpha value is -2.74. The van der Waals surface area contributed by atoms with Gasteiger partial charge in [-0.3, -0.25) is 14.9 Å². The molecule has 1 aromatic heterocycles. The Morgan fingerprint density at radius 1 is 1.19 bits per heavy atom. The molecule has 0 bridgehead atoms. The maximum Gasteiger partial charge on any atom is 0.274 e. The summed E-state index contributed by atoms with van der Waals surface area (Å²) in [4.78, 5) is 26.7. The van der Waals surface area contributed by atoms with Crippen LogP contribution >= 0.6 is 11.6 Å². The number of aromatic nitrogens is 1. The normalized spacial score (nSPS) is 19.3. The maximum atomic E-state index is 13.2. The van der Waals surface area contributed by atoms with Gasteiger partial charge in [0.1, 0.15) is 11.6 Å². The molecule has 9 heteroatoms. The number of hydrogen-bond acceptors (Lipinski definition) is 5. The van der Waals surface area contributed by atoms with E-state index in [-0.39, 0.29) is 28.7 Å². The molecule has 1 amide bonds. The van der Waals surface area contributed by atoms with Crippen LogP contribution in [0.25, 0.3) is 0 Å². The fraction of sp³-hybridized carbons (Fsp3) is 0.333. The Kier molecular flexibility index (Phi) is 5.85. The number of amides is 1. The summed E-state index contributed by atoms with van der Waals surface area (Å²) in [5, 5.41) is 16.9. The number of nitrogens with zero attached hydrogens (tertiary/aromatic N) is 2. The van der Waals surface area contributed by atoms with E-state index < -0.39 is 10.7 Å². The predicted molar refractivity (Wildman–Crippen MR) is 99.4 cm³/mol. The SMILES string of the molecule is O=C(NC1CCC(Nc2cc([N+](=O)[O-])ccn2)CC1)c1ccc(F)c(Cl)c1. The Balaban J connectivity index is 1.51. The van der Waals surface area contributed by atoms with Gasteiger partial charge in [0.25, 0.3) is 11.6 Å². The quantitative estimate of drug-likeness (QED) is 0.593. The van der Waals surface area contributed by atoms with E-state index in [1.54, 1.807) is 0 Å². The molecule has 1 aliphatic carbocycles. The molecule has 1 fully saturated rings. The van der Waals surface area contributed by atoms with Crippen LogP contribution < -0.4 is 10.6 Å². The number of benzene rings is 1. The molecule has 0 atom stereocenters. The second-order valence-corrected chi connectivity index (χ2v) is 6.86.